The van der Waals surface area contributed by atoms with E-state index in [1.807, 2.05) is 0 Å². The van der Waals surface area contributed by atoms with Crippen LogP contribution in [-0.2, 0) is 6.54 Å². The smallest absolute Gasteiger partial charge is 0.128 e. The van der Waals surface area contributed by atoms with Crippen molar-refractivity contribution < 1.29 is 0 Å². The maximum absolute atomic E-state index is 6.26. The Balaban J connectivity index is 2.03. The highest BCUT2D eigenvalue weighted by Crippen LogP contribution is 2.24. The van der Waals surface area contributed by atoms with Crippen molar-refractivity contribution >= 4 is 17.4 Å². The van der Waals surface area contributed by atoms with E-state index in [9.17, 15) is 0 Å². The molecule has 2 heterocycles. The fourth-order valence-corrected chi connectivity index (χ4v) is 2.84. The van der Waals surface area contributed by atoms with Crippen LogP contribution in [0.3, 0.4) is 0 Å². The average molecular weight is 296 g/mol. The van der Waals surface area contributed by atoms with E-state index in [1.54, 1.807) is 6.20 Å². The molecule has 0 aromatic carbocycles. The lowest BCUT2D eigenvalue weighted by Gasteiger charge is -2.32. The second-order valence-electron chi connectivity index (χ2n) is 6.35. The summed E-state index contributed by atoms with van der Waals surface area (Å²) in [6.07, 6.45) is 4.38. The zero-order valence-electron chi connectivity index (χ0n) is 12.8. The monoisotopic (exact) mass is 295 g/mol. The Morgan fingerprint density at radius 1 is 1.50 bits per heavy atom. The van der Waals surface area contributed by atoms with Crippen LogP contribution in [-0.4, -0.2) is 24.6 Å². The molecule has 2 rings (SSSR count). The Bertz CT molecular complexity index is 434. The van der Waals surface area contributed by atoms with Gasteiger partial charge in [-0.05, 0) is 42.9 Å². The highest BCUT2D eigenvalue weighted by Gasteiger charge is 2.18. The zero-order valence-corrected chi connectivity index (χ0v) is 13.6. The first kappa shape index (κ1) is 15.6. The van der Waals surface area contributed by atoms with Crippen LogP contribution in [0.15, 0.2) is 12.3 Å². The van der Waals surface area contributed by atoms with Gasteiger partial charge in [0.05, 0.1) is 5.02 Å². The van der Waals surface area contributed by atoms with Crippen LogP contribution in [0.4, 0.5) is 5.82 Å². The maximum atomic E-state index is 6.26. The van der Waals surface area contributed by atoms with E-state index in [0.717, 1.165) is 48.5 Å². The number of aromatic nitrogens is 1. The van der Waals surface area contributed by atoms with E-state index >= 15 is 0 Å². The van der Waals surface area contributed by atoms with Gasteiger partial charge in [0.2, 0.25) is 0 Å². The van der Waals surface area contributed by atoms with Crippen LogP contribution in [0.1, 0.15) is 39.2 Å². The number of halogens is 1. The van der Waals surface area contributed by atoms with Crippen LogP contribution < -0.4 is 10.2 Å². The molecule has 0 radical (unpaired) electrons. The number of nitrogens with zero attached hydrogens (tertiary/aromatic N) is 2. The van der Waals surface area contributed by atoms with Gasteiger partial charge in [-0.25, -0.2) is 4.98 Å². The number of piperidine rings is 1. The highest BCUT2D eigenvalue weighted by molar-refractivity contribution is 6.31. The first-order valence-corrected chi connectivity index (χ1v) is 8.04. The molecule has 0 spiro atoms. The molecule has 4 heteroatoms. The second-order valence-corrected chi connectivity index (χ2v) is 6.76. The van der Waals surface area contributed by atoms with Crippen LogP contribution in [0.5, 0.6) is 0 Å². The van der Waals surface area contributed by atoms with E-state index in [2.05, 4.69) is 42.0 Å². The van der Waals surface area contributed by atoms with Crippen LogP contribution in [0.25, 0.3) is 0 Å². The molecule has 0 saturated carbocycles. The molecule has 3 nitrogen and oxygen atoms in total. The molecule has 20 heavy (non-hydrogen) atoms. The number of hydrogen-bond acceptors (Lipinski definition) is 3. The number of rotatable bonds is 5. The number of hydrogen-bond donors (Lipinski definition) is 1. The van der Waals surface area contributed by atoms with Crippen molar-refractivity contribution in [3.05, 3.63) is 22.8 Å². The van der Waals surface area contributed by atoms with Gasteiger partial charge in [0.1, 0.15) is 5.82 Å². The largest absolute Gasteiger partial charge is 0.356 e. The molecule has 1 atom stereocenters. The standard InChI is InChI=1S/C16H26ClN3/c1-12(2)8-18-9-14-7-16(19-10-15(14)17)20-6-4-5-13(3)11-20/h7,10,12-13,18H,4-6,8-9,11H2,1-3H3. The third-order valence-corrected chi connectivity index (χ3v) is 4.11. The number of pyridine rings is 1. The minimum absolute atomic E-state index is 0.651. The summed E-state index contributed by atoms with van der Waals surface area (Å²) in [6, 6.07) is 2.15. The summed E-state index contributed by atoms with van der Waals surface area (Å²) >= 11 is 6.26. The molecule has 1 saturated heterocycles. The van der Waals surface area contributed by atoms with E-state index in [4.69, 9.17) is 11.6 Å². The molecule has 1 unspecified atom stereocenters. The molecule has 1 fully saturated rings. The van der Waals surface area contributed by atoms with E-state index < -0.39 is 0 Å². The Morgan fingerprint density at radius 2 is 2.30 bits per heavy atom. The minimum Gasteiger partial charge on any atom is -0.356 e. The number of nitrogens with one attached hydrogen (secondary N) is 1. The summed E-state index contributed by atoms with van der Waals surface area (Å²) in [7, 11) is 0. The van der Waals surface area contributed by atoms with Gasteiger partial charge in [-0.1, -0.05) is 32.4 Å². The molecule has 1 aliphatic rings. The lowest BCUT2D eigenvalue weighted by molar-refractivity contribution is 0.444. The van der Waals surface area contributed by atoms with Crippen molar-refractivity contribution in [2.45, 2.75) is 40.2 Å². The van der Waals surface area contributed by atoms with Gasteiger partial charge in [-0.3, -0.25) is 0 Å². The molecule has 0 bridgehead atoms. The van der Waals surface area contributed by atoms with Gasteiger partial charge in [-0.2, -0.15) is 0 Å². The van der Waals surface area contributed by atoms with E-state index in [1.165, 1.54) is 12.8 Å². The first-order chi connectivity index (χ1) is 9.56. The van der Waals surface area contributed by atoms with Crippen LogP contribution in [0, 0.1) is 11.8 Å². The molecule has 112 valence electrons. The minimum atomic E-state index is 0.651. The van der Waals surface area contributed by atoms with Crippen molar-refractivity contribution in [2.24, 2.45) is 11.8 Å². The molecular formula is C16H26ClN3. The van der Waals surface area contributed by atoms with E-state index in [0.29, 0.717) is 5.92 Å². The topological polar surface area (TPSA) is 28.2 Å². The molecule has 1 aromatic rings. The van der Waals surface area contributed by atoms with Crippen molar-refractivity contribution in [1.82, 2.24) is 10.3 Å². The maximum Gasteiger partial charge on any atom is 0.128 e. The van der Waals surface area contributed by atoms with Crippen LogP contribution >= 0.6 is 11.6 Å². The Hall–Kier alpha value is -0.800. The molecule has 0 aliphatic carbocycles. The van der Waals surface area contributed by atoms with Crippen molar-refractivity contribution in [2.75, 3.05) is 24.5 Å². The fraction of sp³-hybridized carbons (Fsp3) is 0.688. The Kier molecular flexibility index (Phi) is 5.67. The van der Waals surface area contributed by atoms with Gasteiger partial charge in [0, 0.05) is 25.8 Å². The lowest BCUT2D eigenvalue weighted by Crippen LogP contribution is -2.34. The Labute approximate surface area is 127 Å². The second kappa shape index (κ2) is 7.28. The molecule has 1 N–H and O–H groups in total. The highest BCUT2D eigenvalue weighted by atomic mass is 35.5. The van der Waals surface area contributed by atoms with Gasteiger partial charge in [-0.15, -0.1) is 0 Å². The predicted molar refractivity (Wildman–Crippen MR) is 86.4 cm³/mol. The molecule has 1 aromatic heterocycles. The predicted octanol–water partition coefficient (Wildman–Crippen LogP) is 3.72. The first-order valence-electron chi connectivity index (χ1n) is 7.66. The number of anilines is 1. The Morgan fingerprint density at radius 3 is 3.00 bits per heavy atom. The molecule has 1 aliphatic heterocycles. The van der Waals surface area contributed by atoms with Gasteiger partial charge in [0.15, 0.2) is 0 Å². The zero-order chi connectivity index (χ0) is 14.5. The normalized spacial score (nSPS) is 19.6. The fourth-order valence-electron chi connectivity index (χ4n) is 2.67. The van der Waals surface area contributed by atoms with Crippen molar-refractivity contribution in [3.63, 3.8) is 0 Å². The quantitative estimate of drug-likeness (QED) is 0.897. The summed E-state index contributed by atoms with van der Waals surface area (Å²) < 4.78 is 0. The van der Waals surface area contributed by atoms with Crippen molar-refractivity contribution in [1.29, 1.82) is 0 Å². The van der Waals surface area contributed by atoms with Gasteiger partial charge >= 0.3 is 0 Å². The SMILES string of the molecule is CC(C)CNCc1cc(N2CCCC(C)C2)ncc1Cl. The van der Waals surface area contributed by atoms with E-state index in [-0.39, 0.29) is 0 Å². The third-order valence-electron chi connectivity index (χ3n) is 3.77. The third kappa shape index (κ3) is 4.35. The summed E-state index contributed by atoms with van der Waals surface area (Å²) in [4.78, 5) is 6.89. The van der Waals surface area contributed by atoms with Crippen molar-refractivity contribution in [3.8, 4) is 0 Å². The lowest BCUT2D eigenvalue weighted by atomic mass is 10.0. The summed E-state index contributed by atoms with van der Waals surface area (Å²) in [5, 5.41) is 4.21. The summed E-state index contributed by atoms with van der Waals surface area (Å²) in [5.41, 5.74) is 1.15. The van der Waals surface area contributed by atoms with Gasteiger partial charge < -0.3 is 10.2 Å². The van der Waals surface area contributed by atoms with Crippen LogP contribution in [0.2, 0.25) is 5.02 Å². The summed E-state index contributed by atoms with van der Waals surface area (Å²) in [5.74, 6) is 2.48. The average Bonchev–Trinajstić information content (AvgIpc) is 2.40. The molecular weight excluding hydrogens is 270 g/mol. The van der Waals surface area contributed by atoms with Gasteiger partial charge in [0.25, 0.3) is 0 Å². The molecule has 0 amide bonds. The summed E-state index contributed by atoms with van der Waals surface area (Å²) in [6.45, 7) is 10.8.